The van der Waals surface area contributed by atoms with Crippen molar-refractivity contribution >= 4 is 45.2 Å². The number of Topliss-reactive ketones (excluding diaryl/α,β-unsaturated/α-hetero) is 2. The lowest BCUT2D eigenvalue weighted by molar-refractivity contribution is -0.109. The first-order valence-corrected chi connectivity index (χ1v) is 13.0. The van der Waals surface area contributed by atoms with Gasteiger partial charge in [0.05, 0.1) is 0 Å². The van der Waals surface area contributed by atoms with Crippen LogP contribution in [-0.4, -0.2) is 11.6 Å². The zero-order valence-electron chi connectivity index (χ0n) is 21.7. The minimum atomic E-state index is -0.0923. The van der Waals surface area contributed by atoms with Gasteiger partial charge in [0.2, 0.25) is 0 Å². The summed E-state index contributed by atoms with van der Waals surface area (Å²) in [5.41, 5.74) is 20.3. The van der Waals surface area contributed by atoms with Gasteiger partial charge in [0.1, 0.15) is 0 Å². The molecule has 0 atom stereocenters. The largest absolute Gasteiger partial charge is 0.399 e. The number of anilines is 2. The van der Waals surface area contributed by atoms with Gasteiger partial charge in [0.15, 0.2) is 11.6 Å². The predicted molar refractivity (Wildman–Crippen MR) is 164 cm³/mol. The van der Waals surface area contributed by atoms with Crippen LogP contribution in [0.25, 0.3) is 22.3 Å². The highest BCUT2D eigenvalue weighted by Crippen LogP contribution is 2.38. The van der Waals surface area contributed by atoms with Gasteiger partial charge in [-0.3, -0.25) is 9.59 Å². The summed E-state index contributed by atoms with van der Waals surface area (Å²) in [4.78, 5) is 27.6. The fourth-order valence-electron chi connectivity index (χ4n) is 5.01. The Morgan fingerprint density at radius 1 is 0.350 bits per heavy atom. The molecule has 0 aliphatic heterocycles. The molecular formula is C36H26N2O2. The van der Waals surface area contributed by atoms with Crippen molar-refractivity contribution in [3.05, 3.63) is 167 Å². The Hall–Kier alpha value is -5.48. The van der Waals surface area contributed by atoms with Crippen molar-refractivity contribution in [1.82, 2.24) is 0 Å². The Balaban J connectivity index is 1.61. The Kier molecular flexibility index (Phi) is 6.43. The molecule has 0 radical (unpaired) electrons. The molecule has 0 saturated carbocycles. The minimum Gasteiger partial charge on any atom is -0.399 e. The van der Waals surface area contributed by atoms with Crippen molar-refractivity contribution < 1.29 is 9.59 Å². The summed E-state index contributed by atoms with van der Waals surface area (Å²) >= 11 is 0. The van der Waals surface area contributed by atoms with Gasteiger partial charge < -0.3 is 11.5 Å². The van der Waals surface area contributed by atoms with E-state index >= 15 is 0 Å². The van der Waals surface area contributed by atoms with E-state index in [4.69, 9.17) is 11.5 Å². The van der Waals surface area contributed by atoms with Crippen molar-refractivity contribution in [3.63, 3.8) is 0 Å². The van der Waals surface area contributed by atoms with Crippen molar-refractivity contribution in [2.45, 2.75) is 0 Å². The maximum Gasteiger partial charge on any atom is 0.194 e. The molecule has 40 heavy (non-hydrogen) atoms. The monoisotopic (exact) mass is 518 g/mol. The van der Waals surface area contributed by atoms with Gasteiger partial charge in [-0.1, -0.05) is 84.9 Å². The van der Waals surface area contributed by atoms with Crippen LogP contribution in [0, 0.1) is 0 Å². The molecule has 4 N–H and O–H groups in total. The van der Waals surface area contributed by atoms with Crippen molar-refractivity contribution in [2.75, 3.05) is 11.5 Å². The van der Waals surface area contributed by atoms with Gasteiger partial charge in [-0.15, -0.1) is 0 Å². The van der Waals surface area contributed by atoms with E-state index in [1.807, 2.05) is 109 Å². The number of allylic oxidation sites excluding steroid dienone is 10. The van der Waals surface area contributed by atoms with Crippen LogP contribution < -0.4 is 11.5 Å². The zero-order chi connectivity index (χ0) is 27.6. The van der Waals surface area contributed by atoms with Crippen LogP contribution in [0.4, 0.5) is 11.4 Å². The summed E-state index contributed by atoms with van der Waals surface area (Å²) in [5.74, 6) is -0.135. The van der Waals surface area contributed by atoms with Crippen LogP contribution in [0.1, 0.15) is 22.3 Å². The van der Waals surface area contributed by atoms with Crippen LogP contribution in [0.3, 0.4) is 0 Å². The summed E-state index contributed by atoms with van der Waals surface area (Å²) in [7, 11) is 0. The van der Waals surface area contributed by atoms with E-state index in [0.717, 1.165) is 33.4 Å². The molecular weight excluding hydrogens is 492 g/mol. The van der Waals surface area contributed by atoms with Crippen LogP contribution in [0.2, 0.25) is 0 Å². The molecule has 0 fully saturated rings. The summed E-state index contributed by atoms with van der Waals surface area (Å²) in [6.45, 7) is 0. The Labute approximate surface area is 233 Å². The number of hydrogen-bond acceptors (Lipinski definition) is 4. The van der Waals surface area contributed by atoms with Crippen LogP contribution in [0.15, 0.2) is 145 Å². The number of nitrogens with two attached hydrogens (primary N) is 2. The first-order valence-electron chi connectivity index (χ1n) is 13.0. The maximum absolute atomic E-state index is 13.8. The van der Waals surface area contributed by atoms with Gasteiger partial charge in [0, 0.05) is 33.7 Å². The fourth-order valence-corrected chi connectivity index (χ4v) is 5.01. The lowest BCUT2D eigenvalue weighted by Crippen LogP contribution is -2.13. The summed E-state index contributed by atoms with van der Waals surface area (Å²) in [6, 6.07) is 33.9. The Morgan fingerprint density at radius 3 is 0.925 bits per heavy atom. The minimum absolute atomic E-state index is 0.0425. The third-order valence-electron chi connectivity index (χ3n) is 7.12. The molecule has 0 spiro atoms. The molecule has 192 valence electrons. The molecule has 0 amide bonds. The van der Waals surface area contributed by atoms with Gasteiger partial charge in [0.25, 0.3) is 0 Å². The van der Waals surface area contributed by atoms with E-state index in [-0.39, 0.29) is 11.6 Å². The lowest BCUT2D eigenvalue weighted by atomic mass is 9.81. The molecule has 2 aliphatic carbocycles. The molecule has 0 bridgehead atoms. The number of rotatable bonds is 4. The highest BCUT2D eigenvalue weighted by molar-refractivity contribution is 6.45. The van der Waals surface area contributed by atoms with Gasteiger partial charge in [-0.05, 0) is 82.0 Å². The first kappa shape index (κ1) is 24.8. The second-order valence-electron chi connectivity index (χ2n) is 9.78. The lowest BCUT2D eigenvalue weighted by Gasteiger charge is -2.21. The Bertz CT molecular complexity index is 1660. The van der Waals surface area contributed by atoms with E-state index < -0.39 is 0 Å². The van der Waals surface area contributed by atoms with Crippen LogP contribution >= 0.6 is 0 Å². The summed E-state index contributed by atoms with van der Waals surface area (Å²) in [6.07, 6.45) is 7.64. The summed E-state index contributed by atoms with van der Waals surface area (Å²) < 4.78 is 0. The number of hydrogen-bond donors (Lipinski definition) is 2. The van der Waals surface area contributed by atoms with Gasteiger partial charge in [-0.2, -0.15) is 0 Å². The molecule has 4 aromatic carbocycles. The quantitative estimate of drug-likeness (QED) is 0.286. The normalized spacial score (nSPS) is 15.3. The molecule has 4 heteroatoms. The highest BCUT2D eigenvalue weighted by Gasteiger charge is 2.27. The highest BCUT2D eigenvalue weighted by atomic mass is 16.1. The number of ketones is 2. The zero-order valence-corrected chi connectivity index (χ0v) is 21.7. The summed E-state index contributed by atoms with van der Waals surface area (Å²) in [5, 5.41) is 0. The SMILES string of the molecule is Nc1ccc(C2=CC(=C3C=C(c4ccccc4)C(=O)C(c4ccccc4)=C3)C=C(c3ccc(N)cc3)C2=O)cc1. The van der Waals surface area contributed by atoms with E-state index in [1.165, 1.54) is 0 Å². The molecule has 6 rings (SSSR count). The van der Waals surface area contributed by atoms with Crippen LogP contribution in [-0.2, 0) is 9.59 Å². The van der Waals surface area contributed by atoms with E-state index in [0.29, 0.717) is 33.7 Å². The van der Waals surface area contributed by atoms with Gasteiger partial charge in [-0.25, -0.2) is 0 Å². The number of carbonyl (C=O) groups is 2. The van der Waals surface area contributed by atoms with E-state index in [9.17, 15) is 9.59 Å². The molecule has 0 unspecified atom stereocenters. The molecule has 0 saturated heterocycles. The van der Waals surface area contributed by atoms with Crippen LogP contribution in [0.5, 0.6) is 0 Å². The third-order valence-corrected chi connectivity index (χ3v) is 7.12. The first-order chi connectivity index (χ1) is 19.5. The van der Waals surface area contributed by atoms with Crippen molar-refractivity contribution in [2.24, 2.45) is 0 Å². The van der Waals surface area contributed by atoms with Crippen molar-refractivity contribution in [1.29, 1.82) is 0 Å². The third kappa shape index (κ3) is 4.74. The molecule has 2 aliphatic rings. The molecule has 4 nitrogen and oxygen atoms in total. The fraction of sp³-hybridized carbons (Fsp3) is 0. The molecule has 0 aromatic heterocycles. The maximum atomic E-state index is 13.8. The number of nitrogen functional groups attached to an aromatic ring is 2. The molecule has 0 heterocycles. The topological polar surface area (TPSA) is 86.2 Å². The Morgan fingerprint density at radius 2 is 0.625 bits per heavy atom. The van der Waals surface area contributed by atoms with E-state index in [2.05, 4.69) is 0 Å². The second kappa shape index (κ2) is 10.4. The average molecular weight is 519 g/mol. The van der Waals surface area contributed by atoms with Crippen molar-refractivity contribution in [3.8, 4) is 0 Å². The standard InChI is InChI=1S/C36H26N2O2/c37-29-15-11-25(12-16-29)33-21-28(22-34(36(33)40)26-13-17-30(38)18-14-26)27-19-31(23-7-3-1-4-8-23)35(39)32(20-27)24-9-5-2-6-10-24/h1-22H,37-38H2. The average Bonchev–Trinajstić information content (AvgIpc) is 2.99. The predicted octanol–water partition coefficient (Wildman–Crippen LogP) is 6.95. The number of benzene rings is 4. The van der Waals surface area contributed by atoms with Gasteiger partial charge >= 0.3 is 0 Å². The second-order valence-corrected chi connectivity index (χ2v) is 9.78. The molecule has 4 aromatic rings. The smallest absolute Gasteiger partial charge is 0.194 e. The number of carbonyl (C=O) groups excluding carboxylic acids is 2. The van der Waals surface area contributed by atoms with E-state index in [1.54, 1.807) is 24.3 Å².